The maximum absolute atomic E-state index is 13.6. The molecule has 1 aromatic rings. The molecule has 0 aromatic heterocycles. The summed E-state index contributed by atoms with van der Waals surface area (Å²) in [6.45, 7) is 7.29. The second-order valence-corrected chi connectivity index (χ2v) is 7.50. The Morgan fingerprint density at radius 1 is 1.25 bits per heavy atom. The first-order valence-electron chi connectivity index (χ1n) is 8.97. The summed E-state index contributed by atoms with van der Waals surface area (Å²) in [5, 5.41) is 0. The molecule has 0 radical (unpaired) electrons. The summed E-state index contributed by atoms with van der Waals surface area (Å²) in [6.07, 6.45) is 1.67. The van der Waals surface area contributed by atoms with Crippen molar-refractivity contribution < 1.29 is 13.9 Å². The molecule has 1 saturated carbocycles. The molecular formula is C19H25FN2O2. The summed E-state index contributed by atoms with van der Waals surface area (Å²) in [7, 11) is 0. The van der Waals surface area contributed by atoms with Crippen LogP contribution in [-0.2, 0) is 14.9 Å². The Hall–Kier alpha value is -1.46. The van der Waals surface area contributed by atoms with Crippen LogP contribution in [0, 0.1) is 11.7 Å². The molecule has 2 atom stereocenters. The number of morpholine rings is 1. The third kappa shape index (κ3) is 2.74. The minimum Gasteiger partial charge on any atom is -0.379 e. The molecule has 1 amide bonds. The van der Waals surface area contributed by atoms with Crippen molar-refractivity contribution in [1.29, 1.82) is 0 Å². The average molecular weight is 332 g/mol. The highest BCUT2D eigenvalue weighted by Gasteiger charge is 2.54. The average Bonchev–Trinajstić information content (AvgIpc) is 3.32. The first-order valence-corrected chi connectivity index (χ1v) is 8.97. The van der Waals surface area contributed by atoms with Crippen LogP contribution in [0.1, 0.15) is 25.3 Å². The van der Waals surface area contributed by atoms with Crippen LogP contribution in [0.4, 0.5) is 4.39 Å². The summed E-state index contributed by atoms with van der Waals surface area (Å²) in [4.78, 5) is 17.7. The fourth-order valence-electron chi connectivity index (χ4n) is 4.34. The van der Waals surface area contributed by atoms with Gasteiger partial charge in [0.25, 0.3) is 0 Å². The van der Waals surface area contributed by atoms with Crippen LogP contribution < -0.4 is 0 Å². The van der Waals surface area contributed by atoms with Crippen molar-refractivity contribution in [3.63, 3.8) is 0 Å². The van der Waals surface area contributed by atoms with Crippen LogP contribution in [0.5, 0.6) is 0 Å². The standard InChI is InChI=1S/C19H25FN2O2/c1-14-12-22(13-17(14)21-7-9-24-10-8-21)18(23)19(5-6-19)15-3-2-4-16(20)11-15/h2-4,11,14,17H,5-10,12-13H2,1H3. The van der Waals surface area contributed by atoms with Crippen molar-refractivity contribution in [2.24, 2.45) is 5.92 Å². The van der Waals surface area contributed by atoms with Gasteiger partial charge < -0.3 is 9.64 Å². The van der Waals surface area contributed by atoms with Gasteiger partial charge in [0.05, 0.1) is 18.6 Å². The maximum atomic E-state index is 13.6. The molecule has 1 aromatic carbocycles. The molecule has 0 N–H and O–H groups in total. The minimum atomic E-state index is -0.471. The molecule has 0 spiro atoms. The van der Waals surface area contributed by atoms with Gasteiger partial charge in [-0.05, 0) is 36.5 Å². The van der Waals surface area contributed by atoms with Crippen molar-refractivity contribution in [3.8, 4) is 0 Å². The lowest BCUT2D eigenvalue weighted by atomic mass is 9.94. The van der Waals surface area contributed by atoms with Gasteiger partial charge in [0.15, 0.2) is 0 Å². The van der Waals surface area contributed by atoms with E-state index < -0.39 is 5.41 Å². The van der Waals surface area contributed by atoms with E-state index in [1.807, 2.05) is 11.0 Å². The second kappa shape index (κ2) is 6.12. The first-order chi connectivity index (χ1) is 11.6. The predicted molar refractivity (Wildman–Crippen MR) is 89.2 cm³/mol. The quantitative estimate of drug-likeness (QED) is 0.849. The smallest absolute Gasteiger partial charge is 0.233 e. The summed E-state index contributed by atoms with van der Waals surface area (Å²) >= 11 is 0. The van der Waals surface area contributed by atoms with E-state index in [2.05, 4.69) is 11.8 Å². The van der Waals surface area contributed by atoms with Gasteiger partial charge in [-0.3, -0.25) is 9.69 Å². The second-order valence-electron chi connectivity index (χ2n) is 7.50. The van der Waals surface area contributed by atoms with E-state index in [4.69, 9.17) is 4.74 Å². The number of hydrogen-bond acceptors (Lipinski definition) is 3. The van der Waals surface area contributed by atoms with Crippen molar-refractivity contribution >= 4 is 5.91 Å². The van der Waals surface area contributed by atoms with Gasteiger partial charge in [-0.1, -0.05) is 19.1 Å². The number of nitrogens with zero attached hydrogens (tertiary/aromatic N) is 2. The zero-order valence-corrected chi connectivity index (χ0v) is 14.2. The molecule has 24 heavy (non-hydrogen) atoms. The number of halogens is 1. The highest BCUT2D eigenvalue weighted by Crippen LogP contribution is 2.50. The number of hydrogen-bond donors (Lipinski definition) is 0. The molecule has 2 aliphatic heterocycles. The molecule has 4 rings (SSSR count). The number of likely N-dealkylation sites (tertiary alicyclic amines) is 1. The Balaban J connectivity index is 1.49. The van der Waals surface area contributed by atoms with Crippen LogP contribution in [0.15, 0.2) is 24.3 Å². The predicted octanol–water partition coefficient (Wildman–Crippen LogP) is 2.04. The molecule has 3 aliphatic rings. The van der Waals surface area contributed by atoms with Crippen molar-refractivity contribution in [3.05, 3.63) is 35.6 Å². The van der Waals surface area contributed by atoms with Crippen LogP contribution in [0.2, 0.25) is 0 Å². The van der Waals surface area contributed by atoms with E-state index in [9.17, 15) is 9.18 Å². The van der Waals surface area contributed by atoms with Gasteiger partial charge in [-0.15, -0.1) is 0 Å². The molecular weight excluding hydrogens is 307 g/mol. The van der Waals surface area contributed by atoms with Crippen LogP contribution >= 0.6 is 0 Å². The topological polar surface area (TPSA) is 32.8 Å². The summed E-state index contributed by atoms with van der Waals surface area (Å²) in [5.74, 6) is 0.402. The van der Waals surface area contributed by atoms with Crippen molar-refractivity contribution in [2.75, 3.05) is 39.4 Å². The molecule has 130 valence electrons. The van der Waals surface area contributed by atoms with Gasteiger partial charge in [-0.25, -0.2) is 4.39 Å². The lowest BCUT2D eigenvalue weighted by Crippen LogP contribution is -2.47. The molecule has 4 nitrogen and oxygen atoms in total. The van der Waals surface area contributed by atoms with E-state index in [1.165, 1.54) is 12.1 Å². The monoisotopic (exact) mass is 332 g/mol. The van der Waals surface area contributed by atoms with E-state index >= 15 is 0 Å². The van der Waals surface area contributed by atoms with Crippen molar-refractivity contribution in [2.45, 2.75) is 31.2 Å². The van der Waals surface area contributed by atoms with Crippen molar-refractivity contribution in [1.82, 2.24) is 9.80 Å². The Kier molecular flexibility index (Phi) is 4.09. The van der Waals surface area contributed by atoms with E-state index in [1.54, 1.807) is 6.07 Å². The molecule has 0 bridgehead atoms. The first kappa shape index (κ1) is 16.0. The molecule has 2 unspecified atom stereocenters. The van der Waals surface area contributed by atoms with Gasteiger partial charge in [-0.2, -0.15) is 0 Å². The van der Waals surface area contributed by atoms with Crippen LogP contribution in [0.25, 0.3) is 0 Å². The largest absolute Gasteiger partial charge is 0.379 e. The lowest BCUT2D eigenvalue weighted by molar-refractivity contribution is -0.133. The SMILES string of the molecule is CC1CN(C(=O)C2(c3cccc(F)c3)CC2)CC1N1CCOCC1. The molecule has 5 heteroatoms. The van der Waals surface area contributed by atoms with E-state index in [0.29, 0.717) is 12.0 Å². The molecule has 1 aliphatic carbocycles. The fourth-order valence-corrected chi connectivity index (χ4v) is 4.34. The van der Waals surface area contributed by atoms with Gasteiger partial charge in [0.1, 0.15) is 5.82 Å². The fraction of sp³-hybridized carbons (Fsp3) is 0.632. The van der Waals surface area contributed by atoms with Gasteiger partial charge in [0, 0.05) is 32.2 Å². The third-order valence-electron chi connectivity index (χ3n) is 5.91. The molecule has 2 heterocycles. The zero-order valence-electron chi connectivity index (χ0n) is 14.2. The lowest BCUT2D eigenvalue weighted by Gasteiger charge is -2.34. The number of carbonyl (C=O) groups excluding carboxylic acids is 1. The van der Waals surface area contributed by atoms with Crippen LogP contribution in [-0.4, -0.2) is 61.1 Å². The Morgan fingerprint density at radius 3 is 2.67 bits per heavy atom. The number of ether oxygens (including phenoxy) is 1. The van der Waals surface area contributed by atoms with Crippen LogP contribution in [0.3, 0.4) is 0 Å². The summed E-state index contributed by atoms with van der Waals surface area (Å²) < 4.78 is 19.0. The van der Waals surface area contributed by atoms with Gasteiger partial charge >= 0.3 is 0 Å². The number of carbonyl (C=O) groups is 1. The Labute approximate surface area is 142 Å². The molecule has 3 fully saturated rings. The Morgan fingerprint density at radius 2 is 2.00 bits per heavy atom. The highest BCUT2D eigenvalue weighted by molar-refractivity contribution is 5.91. The van der Waals surface area contributed by atoms with E-state index in [-0.39, 0.29) is 11.7 Å². The highest BCUT2D eigenvalue weighted by atomic mass is 19.1. The summed E-state index contributed by atoms with van der Waals surface area (Å²) in [5.41, 5.74) is 0.372. The van der Waals surface area contributed by atoms with E-state index in [0.717, 1.165) is 57.8 Å². The normalized spacial score (nSPS) is 29.7. The zero-order chi connectivity index (χ0) is 16.7. The minimum absolute atomic E-state index is 0.190. The summed E-state index contributed by atoms with van der Waals surface area (Å²) in [6, 6.07) is 7.00. The number of amides is 1. The third-order valence-corrected chi connectivity index (χ3v) is 5.91. The Bertz CT molecular complexity index is 626. The molecule has 2 saturated heterocycles. The maximum Gasteiger partial charge on any atom is 0.233 e. The number of benzene rings is 1. The van der Waals surface area contributed by atoms with Gasteiger partial charge in [0.2, 0.25) is 5.91 Å². The number of rotatable bonds is 3.